The van der Waals surface area contributed by atoms with Crippen LogP contribution in [0.3, 0.4) is 0 Å². The van der Waals surface area contributed by atoms with Crippen LogP contribution in [-0.2, 0) is 16.1 Å². The van der Waals surface area contributed by atoms with Gasteiger partial charge in [-0.1, -0.05) is 24.3 Å². The fourth-order valence-electron chi connectivity index (χ4n) is 3.42. The van der Waals surface area contributed by atoms with Crippen LogP contribution in [0.15, 0.2) is 30.3 Å². The van der Waals surface area contributed by atoms with Gasteiger partial charge in [-0.05, 0) is 6.07 Å². The van der Waals surface area contributed by atoms with Gasteiger partial charge in [-0.15, -0.1) is 0 Å². The van der Waals surface area contributed by atoms with Crippen molar-refractivity contribution in [1.82, 2.24) is 4.90 Å². The number of carbonyl (C=O) groups excluding carboxylic acids is 2. The van der Waals surface area contributed by atoms with Crippen LogP contribution in [0.5, 0.6) is 11.5 Å². The number of rotatable bonds is 8. The van der Waals surface area contributed by atoms with E-state index in [9.17, 15) is 29.4 Å². The van der Waals surface area contributed by atoms with Crippen molar-refractivity contribution in [3.05, 3.63) is 58.1 Å². The molecule has 2 aromatic carbocycles. The Labute approximate surface area is 170 Å². The molecule has 0 saturated heterocycles. The maximum atomic E-state index is 12.9. The molecule has 0 aromatic heterocycles. The van der Waals surface area contributed by atoms with Crippen LogP contribution in [0, 0.1) is 0 Å². The second-order valence-electron chi connectivity index (χ2n) is 6.92. The van der Waals surface area contributed by atoms with Crippen molar-refractivity contribution in [2.24, 2.45) is 0 Å². The summed E-state index contributed by atoms with van der Waals surface area (Å²) in [6, 6.07) is 7.43. The van der Waals surface area contributed by atoms with Crippen LogP contribution in [0.1, 0.15) is 50.2 Å². The van der Waals surface area contributed by atoms with Gasteiger partial charge in [-0.25, -0.2) is 0 Å². The highest BCUT2D eigenvalue weighted by atomic mass is 16.4. The fraction of sp³-hybridized carbons (Fsp3) is 0.238. The second-order valence-corrected chi connectivity index (χ2v) is 6.92. The zero-order valence-electron chi connectivity index (χ0n) is 15.8. The van der Waals surface area contributed by atoms with Crippen molar-refractivity contribution in [3.8, 4) is 11.5 Å². The molecule has 0 saturated carbocycles. The van der Waals surface area contributed by atoms with Gasteiger partial charge in [0.1, 0.15) is 0 Å². The second kappa shape index (κ2) is 8.34. The lowest BCUT2D eigenvalue weighted by molar-refractivity contribution is -0.137. The number of aromatic hydroxyl groups is 2. The number of carboxylic acids is 2. The number of fused-ring (bicyclic) bond motifs is 2. The first-order valence-corrected chi connectivity index (χ1v) is 9.12. The Balaban J connectivity index is 1.99. The number of phenols is 2. The third kappa shape index (κ3) is 4.01. The summed E-state index contributed by atoms with van der Waals surface area (Å²) in [5, 5.41) is 38.7. The fourth-order valence-corrected chi connectivity index (χ4v) is 3.42. The molecule has 0 amide bonds. The van der Waals surface area contributed by atoms with Crippen molar-refractivity contribution in [1.29, 1.82) is 0 Å². The summed E-state index contributed by atoms with van der Waals surface area (Å²) < 4.78 is 0. The van der Waals surface area contributed by atoms with E-state index in [1.807, 2.05) is 0 Å². The molecule has 1 aliphatic rings. The van der Waals surface area contributed by atoms with Gasteiger partial charge in [-0.3, -0.25) is 24.1 Å². The van der Waals surface area contributed by atoms with E-state index >= 15 is 0 Å². The van der Waals surface area contributed by atoms with Gasteiger partial charge in [0, 0.05) is 41.9 Å². The van der Waals surface area contributed by atoms with E-state index in [1.54, 1.807) is 12.1 Å². The first kappa shape index (κ1) is 21.0. The van der Waals surface area contributed by atoms with Crippen molar-refractivity contribution < 1.29 is 39.6 Å². The van der Waals surface area contributed by atoms with Crippen LogP contribution in [-0.4, -0.2) is 61.9 Å². The van der Waals surface area contributed by atoms with Gasteiger partial charge in [-0.2, -0.15) is 0 Å². The van der Waals surface area contributed by atoms with Crippen molar-refractivity contribution in [2.75, 3.05) is 13.1 Å². The highest BCUT2D eigenvalue weighted by molar-refractivity contribution is 6.29. The number of hydrogen-bond donors (Lipinski definition) is 4. The summed E-state index contributed by atoms with van der Waals surface area (Å²) in [7, 11) is 0. The molecule has 0 fully saturated rings. The zero-order chi connectivity index (χ0) is 22.0. The van der Waals surface area contributed by atoms with Crippen LogP contribution in [0.4, 0.5) is 0 Å². The summed E-state index contributed by atoms with van der Waals surface area (Å²) in [6.07, 6.45) is -0.524. The van der Waals surface area contributed by atoms with Gasteiger partial charge >= 0.3 is 11.9 Å². The molecule has 9 nitrogen and oxygen atoms in total. The Bertz CT molecular complexity index is 1040. The molecule has 2 aromatic rings. The quantitative estimate of drug-likeness (QED) is 0.404. The first-order valence-electron chi connectivity index (χ1n) is 9.12. The molecule has 0 heterocycles. The Morgan fingerprint density at radius 3 is 1.87 bits per heavy atom. The van der Waals surface area contributed by atoms with E-state index in [0.29, 0.717) is 0 Å². The van der Waals surface area contributed by atoms with E-state index in [-0.39, 0.29) is 60.3 Å². The molecule has 0 spiro atoms. The predicted molar refractivity (Wildman–Crippen MR) is 103 cm³/mol. The largest absolute Gasteiger partial charge is 0.504 e. The van der Waals surface area contributed by atoms with E-state index in [2.05, 4.69) is 0 Å². The average molecular weight is 413 g/mol. The Morgan fingerprint density at radius 1 is 0.800 bits per heavy atom. The SMILES string of the molecule is O=C(O)CCN(CCC(=O)O)Cc1cc2c(c(O)c1O)C(=O)c1ccccc1C2=O. The van der Waals surface area contributed by atoms with E-state index in [0.717, 1.165) is 0 Å². The minimum absolute atomic E-state index is 0.00435. The molecule has 3 rings (SSSR count). The molecule has 1 aliphatic carbocycles. The maximum Gasteiger partial charge on any atom is 0.304 e. The normalized spacial score (nSPS) is 12.6. The summed E-state index contributed by atoms with van der Waals surface area (Å²) in [6.45, 7) is -0.123. The number of carbonyl (C=O) groups is 4. The van der Waals surface area contributed by atoms with Gasteiger partial charge in [0.05, 0.1) is 18.4 Å². The summed E-state index contributed by atoms with van der Waals surface area (Å²) in [5.41, 5.74) is 0.0344. The zero-order valence-corrected chi connectivity index (χ0v) is 15.8. The lowest BCUT2D eigenvalue weighted by atomic mass is 9.82. The number of phenolic OH excluding ortho intramolecular Hbond substituents is 2. The molecular weight excluding hydrogens is 394 g/mol. The molecular formula is C21H19NO8. The third-order valence-corrected chi connectivity index (χ3v) is 4.92. The number of carboxylic acid groups (broad SMARTS) is 2. The van der Waals surface area contributed by atoms with Crippen molar-refractivity contribution in [3.63, 3.8) is 0 Å². The van der Waals surface area contributed by atoms with E-state index in [1.165, 1.54) is 23.1 Å². The van der Waals surface area contributed by atoms with Crippen LogP contribution < -0.4 is 0 Å². The van der Waals surface area contributed by atoms with Crippen LogP contribution >= 0.6 is 0 Å². The highest BCUT2D eigenvalue weighted by Crippen LogP contribution is 2.41. The Morgan fingerprint density at radius 2 is 1.33 bits per heavy atom. The molecule has 30 heavy (non-hydrogen) atoms. The van der Waals surface area contributed by atoms with Gasteiger partial charge < -0.3 is 20.4 Å². The molecule has 0 unspecified atom stereocenters. The monoisotopic (exact) mass is 413 g/mol. The average Bonchev–Trinajstić information content (AvgIpc) is 2.71. The number of aliphatic carboxylic acids is 2. The summed E-state index contributed by atoms with van der Waals surface area (Å²) in [5.74, 6) is -4.57. The predicted octanol–water partition coefficient (Wildman–Crippen LogP) is 1.62. The third-order valence-electron chi connectivity index (χ3n) is 4.92. The van der Waals surface area contributed by atoms with Gasteiger partial charge in [0.15, 0.2) is 23.1 Å². The topological polar surface area (TPSA) is 152 Å². The van der Waals surface area contributed by atoms with Gasteiger partial charge in [0.25, 0.3) is 0 Å². The molecule has 0 atom stereocenters. The number of ketones is 2. The highest BCUT2D eigenvalue weighted by Gasteiger charge is 2.34. The van der Waals surface area contributed by atoms with Crippen LogP contribution in [0.25, 0.3) is 0 Å². The van der Waals surface area contributed by atoms with E-state index in [4.69, 9.17) is 10.2 Å². The number of hydrogen-bond acceptors (Lipinski definition) is 7. The smallest absolute Gasteiger partial charge is 0.304 e. The minimum atomic E-state index is -1.08. The number of benzene rings is 2. The van der Waals surface area contributed by atoms with Gasteiger partial charge in [0.2, 0.25) is 0 Å². The Kier molecular flexibility index (Phi) is 5.84. The number of nitrogens with zero attached hydrogens (tertiary/aromatic N) is 1. The standard InChI is InChI=1S/C21H19NO8/c23-15(24)5-7-22(8-6-16(25)26)10-11-9-14-17(21(30)18(11)27)20(29)13-4-2-1-3-12(13)19(14)28/h1-4,9,27,30H,5-8,10H2,(H,23,24)(H,25,26). The lowest BCUT2D eigenvalue weighted by Crippen LogP contribution is -2.29. The van der Waals surface area contributed by atoms with E-state index < -0.39 is 35.0 Å². The first-order chi connectivity index (χ1) is 14.2. The summed E-state index contributed by atoms with van der Waals surface area (Å²) in [4.78, 5) is 48.9. The van der Waals surface area contributed by atoms with Crippen molar-refractivity contribution >= 4 is 23.5 Å². The lowest BCUT2D eigenvalue weighted by Gasteiger charge is -2.24. The molecule has 0 aliphatic heterocycles. The summed E-state index contributed by atoms with van der Waals surface area (Å²) >= 11 is 0. The molecule has 156 valence electrons. The molecule has 4 N–H and O–H groups in total. The molecule has 0 radical (unpaired) electrons. The minimum Gasteiger partial charge on any atom is -0.504 e. The maximum absolute atomic E-state index is 12.9. The molecule has 0 bridgehead atoms. The van der Waals surface area contributed by atoms with Crippen LogP contribution in [0.2, 0.25) is 0 Å². The molecule has 9 heteroatoms. The van der Waals surface area contributed by atoms with Crippen molar-refractivity contribution in [2.45, 2.75) is 19.4 Å². The Hall–Kier alpha value is -3.72.